The molecule has 23 heavy (non-hydrogen) atoms. The lowest BCUT2D eigenvalue weighted by molar-refractivity contribution is -0.126. The molecule has 0 aromatic heterocycles. The van der Waals surface area contributed by atoms with Gasteiger partial charge in [0.2, 0.25) is 0 Å². The summed E-state index contributed by atoms with van der Waals surface area (Å²) in [5.41, 5.74) is 0. The third kappa shape index (κ3) is 6.68. The minimum atomic E-state index is -3.28. The van der Waals surface area contributed by atoms with E-state index < -0.39 is 27.9 Å². The van der Waals surface area contributed by atoms with Crippen molar-refractivity contribution in [3.05, 3.63) is 24.3 Å². The maximum atomic E-state index is 11.8. The van der Waals surface area contributed by atoms with Gasteiger partial charge in [-0.15, -0.1) is 0 Å². The third-order valence-electron chi connectivity index (χ3n) is 2.84. The second-order valence-corrected chi connectivity index (χ2v) is 7.61. The highest BCUT2D eigenvalue weighted by atomic mass is 32.2. The van der Waals surface area contributed by atoms with Crippen LogP contribution in [0.2, 0.25) is 0 Å². The fourth-order valence-electron chi connectivity index (χ4n) is 1.58. The molecule has 1 atom stereocenters. The number of carbonyl (C=O) groups excluding carboxylic acids is 2. The van der Waals surface area contributed by atoms with Crippen molar-refractivity contribution < 1.29 is 22.7 Å². The Morgan fingerprint density at radius 2 is 1.70 bits per heavy atom. The molecule has 1 aromatic carbocycles. The van der Waals surface area contributed by atoms with Gasteiger partial charge in [-0.1, -0.05) is 13.8 Å². The van der Waals surface area contributed by atoms with Gasteiger partial charge in [-0.25, -0.2) is 13.2 Å². The first-order valence-electron chi connectivity index (χ1n) is 7.15. The van der Waals surface area contributed by atoms with Gasteiger partial charge in [-0.05, 0) is 37.1 Å². The first-order chi connectivity index (χ1) is 10.6. The summed E-state index contributed by atoms with van der Waals surface area (Å²) in [5.74, 6) is 0.0268. The van der Waals surface area contributed by atoms with Crippen LogP contribution < -0.4 is 15.4 Å². The van der Waals surface area contributed by atoms with Gasteiger partial charge in [0.05, 0.1) is 4.90 Å². The smallest absolute Gasteiger partial charge is 0.321 e. The average molecular weight is 342 g/mol. The zero-order valence-electron chi connectivity index (χ0n) is 13.6. The zero-order valence-corrected chi connectivity index (χ0v) is 14.4. The summed E-state index contributed by atoms with van der Waals surface area (Å²) < 4.78 is 28.1. The second kappa shape index (κ2) is 7.96. The van der Waals surface area contributed by atoms with Crippen molar-refractivity contribution in [2.45, 2.75) is 31.8 Å². The van der Waals surface area contributed by atoms with Crippen LogP contribution in [0.3, 0.4) is 0 Å². The van der Waals surface area contributed by atoms with Crippen molar-refractivity contribution in [1.82, 2.24) is 10.6 Å². The van der Waals surface area contributed by atoms with E-state index in [0.717, 1.165) is 6.26 Å². The Morgan fingerprint density at radius 3 is 2.17 bits per heavy atom. The molecule has 2 N–H and O–H groups in total. The van der Waals surface area contributed by atoms with Crippen LogP contribution in [-0.4, -0.2) is 39.3 Å². The van der Waals surface area contributed by atoms with Crippen molar-refractivity contribution in [2.75, 3.05) is 12.8 Å². The minimum absolute atomic E-state index is 0.162. The zero-order chi connectivity index (χ0) is 17.6. The first-order valence-corrected chi connectivity index (χ1v) is 9.04. The quantitative estimate of drug-likeness (QED) is 0.812. The number of rotatable bonds is 6. The molecule has 0 saturated heterocycles. The highest BCUT2D eigenvalue weighted by Gasteiger charge is 2.17. The number of sulfone groups is 1. The van der Waals surface area contributed by atoms with Crippen molar-refractivity contribution in [2.24, 2.45) is 5.92 Å². The Balaban J connectivity index is 2.56. The van der Waals surface area contributed by atoms with E-state index in [9.17, 15) is 18.0 Å². The van der Waals surface area contributed by atoms with E-state index in [0.29, 0.717) is 12.3 Å². The molecule has 1 aromatic rings. The van der Waals surface area contributed by atoms with Crippen molar-refractivity contribution in [3.8, 4) is 5.75 Å². The van der Waals surface area contributed by atoms with E-state index in [1.54, 1.807) is 0 Å². The first kappa shape index (κ1) is 19.0. The SMILES string of the molecule is CC(C)CNC(=O)NC(=O)C(C)Oc1ccc(S(C)(=O)=O)cc1. The summed E-state index contributed by atoms with van der Waals surface area (Å²) in [5, 5.41) is 4.74. The van der Waals surface area contributed by atoms with Crippen LogP contribution in [0.15, 0.2) is 29.2 Å². The van der Waals surface area contributed by atoms with E-state index in [2.05, 4.69) is 10.6 Å². The van der Waals surface area contributed by atoms with E-state index in [1.807, 2.05) is 13.8 Å². The van der Waals surface area contributed by atoms with Crippen LogP contribution in [0, 0.1) is 5.92 Å². The van der Waals surface area contributed by atoms with Crippen LogP contribution in [0.1, 0.15) is 20.8 Å². The molecule has 3 amide bonds. The molecule has 0 bridgehead atoms. The molecule has 128 valence electrons. The maximum absolute atomic E-state index is 11.8. The molecule has 7 nitrogen and oxygen atoms in total. The van der Waals surface area contributed by atoms with E-state index in [4.69, 9.17) is 4.74 Å². The highest BCUT2D eigenvalue weighted by molar-refractivity contribution is 7.90. The number of amides is 3. The molecule has 0 aliphatic rings. The summed E-state index contributed by atoms with van der Waals surface area (Å²) in [4.78, 5) is 23.5. The highest BCUT2D eigenvalue weighted by Crippen LogP contribution is 2.17. The number of carbonyl (C=O) groups is 2. The molecule has 0 aliphatic carbocycles. The summed E-state index contributed by atoms with van der Waals surface area (Å²) in [7, 11) is -3.28. The molecule has 8 heteroatoms. The van der Waals surface area contributed by atoms with Crippen LogP contribution in [0.4, 0.5) is 4.79 Å². The molecular weight excluding hydrogens is 320 g/mol. The lowest BCUT2D eigenvalue weighted by Gasteiger charge is -2.15. The van der Waals surface area contributed by atoms with E-state index in [-0.39, 0.29) is 10.8 Å². The van der Waals surface area contributed by atoms with Crippen molar-refractivity contribution >= 4 is 21.8 Å². The van der Waals surface area contributed by atoms with Crippen molar-refractivity contribution in [3.63, 3.8) is 0 Å². The maximum Gasteiger partial charge on any atom is 0.321 e. The van der Waals surface area contributed by atoms with Gasteiger partial charge in [0.1, 0.15) is 5.75 Å². The van der Waals surface area contributed by atoms with Crippen LogP contribution in [0.5, 0.6) is 5.75 Å². The average Bonchev–Trinajstić information content (AvgIpc) is 2.44. The fraction of sp³-hybridized carbons (Fsp3) is 0.467. The molecule has 0 spiro atoms. The van der Waals surface area contributed by atoms with Gasteiger partial charge >= 0.3 is 6.03 Å². The normalized spacial score (nSPS) is 12.6. The predicted octanol–water partition coefficient (Wildman–Crippen LogP) is 1.34. The van der Waals surface area contributed by atoms with E-state index >= 15 is 0 Å². The number of urea groups is 1. The molecule has 0 radical (unpaired) electrons. The lowest BCUT2D eigenvalue weighted by atomic mass is 10.2. The van der Waals surface area contributed by atoms with Gasteiger partial charge in [-0.2, -0.15) is 0 Å². The number of hydrogen-bond donors (Lipinski definition) is 2. The summed E-state index contributed by atoms with van der Waals surface area (Å²) in [6, 6.07) is 5.12. The summed E-state index contributed by atoms with van der Waals surface area (Å²) in [6.07, 6.45) is 0.207. The van der Waals surface area contributed by atoms with Gasteiger partial charge in [0.25, 0.3) is 5.91 Å². The molecule has 1 unspecified atom stereocenters. The Bertz CT molecular complexity index is 653. The predicted molar refractivity (Wildman–Crippen MR) is 86.0 cm³/mol. The second-order valence-electron chi connectivity index (χ2n) is 5.60. The molecule has 0 heterocycles. The number of benzene rings is 1. The van der Waals surface area contributed by atoms with Crippen LogP contribution >= 0.6 is 0 Å². The van der Waals surface area contributed by atoms with Crippen molar-refractivity contribution in [1.29, 1.82) is 0 Å². The number of nitrogens with one attached hydrogen (secondary N) is 2. The molecule has 0 fully saturated rings. The van der Waals surface area contributed by atoms with Gasteiger partial charge in [-0.3, -0.25) is 10.1 Å². The lowest BCUT2D eigenvalue weighted by Crippen LogP contribution is -2.45. The number of imide groups is 1. The Morgan fingerprint density at radius 1 is 1.13 bits per heavy atom. The van der Waals surface area contributed by atoms with Gasteiger partial charge < -0.3 is 10.1 Å². The Kier molecular flexibility index (Phi) is 6.56. The number of hydrogen-bond acceptors (Lipinski definition) is 5. The van der Waals surface area contributed by atoms with Gasteiger partial charge in [0.15, 0.2) is 15.9 Å². The largest absolute Gasteiger partial charge is 0.481 e. The van der Waals surface area contributed by atoms with Crippen LogP contribution in [-0.2, 0) is 14.6 Å². The molecule has 0 aliphatic heterocycles. The fourth-order valence-corrected chi connectivity index (χ4v) is 2.21. The standard InChI is InChI=1S/C15H22N2O5S/c1-10(2)9-16-15(19)17-14(18)11(3)22-12-5-7-13(8-6-12)23(4,20)21/h5-8,10-11H,9H2,1-4H3,(H2,16,17,18,19). The summed E-state index contributed by atoms with van der Waals surface area (Å²) >= 11 is 0. The third-order valence-corrected chi connectivity index (χ3v) is 3.97. The molecular formula is C15H22N2O5S. The number of ether oxygens (including phenoxy) is 1. The topological polar surface area (TPSA) is 102 Å². The Labute approximate surface area is 136 Å². The molecule has 1 rings (SSSR count). The van der Waals surface area contributed by atoms with Crippen LogP contribution in [0.25, 0.3) is 0 Å². The molecule has 0 saturated carbocycles. The Hall–Kier alpha value is -2.09. The monoisotopic (exact) mass is 342 g/mol. The minimum Gasteiger partial charge on any atom is -0.481 e. The van der Waals surface area contributed by atoms with Gasteiger partial charge in [0, 0.05) is 12.8 Å². The summed E-state index contributed by atoms with van der Waals surface area (Å²) in [6.45, 7) is 5.83. The van der Waals surface area contributed by atoms with E-state index in [1.165, 1.54) is 31.2 Å².